The Balaban J connectivity index is 2.09. The molecule has 2 aromatic rings. The SMILES string of the molecule is Cc1cccc(COc2ccc(C)cc2C(=O)CCCC(=O)O)c1. The predicted octanol–water partition coefficient (Wildman–Crippen LogP) is 4.32. The first-order valence-corrected chi connectivity index (χ1v) is 7.99. The first kappa shape index (κ1) is 17.7. The molecule has 2 rings (SSSR count). The van der Waals surface area contributed by atoms with Gasteiger partial charge >= 0.3 is 5.97 Å². The van der Waals surface area contributed by atoms with Crippen LogP contribution in [0.4, 0.5) is 0 Å². The summed E-state index contributed by atoms with van der Waals surface area (Å²) in [6.45, 7) is 4.32. The van der Waals surface area contributed by atoms with Crippen molar-refractivity contribution >= 4 is 11.8 Å². The van der Waals surface area contributed by atoms with E-state index in [1.165, 1.54) is 0 Å². The number of carboxylic acids is 1. The highest BCUT2D eigenvalue weighted by molar-refractivity contribution is 5.99. The largest absolute Gasteiger partial charge is 0.488 e. The van der Waals surface area contributed by atoms with Crippen LogP contribution in [0.5, 0.6) is 5.75 Å². The number of carbonyl (C=O) groups is 2. The number of hydrogen-bond donors (Lipinski definition) is 1. The van der Waals surface area contributed by atoms with Crippen molar-refractivity contribution in [2.45, 2.75) is 39.7 Å². The third-order valence-corrected chi connectivity index (χ3v) is 3.71. The number of aliphatic carboxylic acids is 1. The average molecular weight is 326 g/mol. The molecule has 1 N–H and O–H groups in total. The molecular formula is C20H22O4. The maximum Gasteiger partial charge on any atom is 0.303 e. The van der Waals surface area contributed by atoms with E-state index in [0.29, 0.717) is 24.3 Å². The van der Waals surface area contributed by atoms with Gasteiger partial charge in [0.15, 0.2) is 5.78 Å². The molecule has 0 aliphatic heterocycles. The Labute approximate surface area is 142 Å². The van der Waals surface area contributed by atoms with Crippen molar-refractivity contribution in [1.82, 2.24) is 0 Å². The second-order valence-electron chi connectivity index (χ2n) is 5.95. The van der Waals surface area contributed by atoms with Crippen LogP contribution in [0.1, 0.15) is 46.3 Å². The maximum absolute atomic E-state index is 12.4. The zero-order valence-electron chi connectivity index (χ0n) is 14.0. The van der Waals surface area contributed by atoms with Gasteiger partial charge in [-0.25, -0.2) is 0 Å². The summed E-state index contributed by atoms with van der Waals surface area (Å²) in [6.07, 6.45) is 0.535. The molecule has 0 amide bonds. The molecule has 0 aliphatic carbocycles. The Morgan fingerprint density at radius 2 is 1.75 bits per heavy atom. The first-order valence-electron chi connectivity index (χ1n) is 7.99. The van der Waals surface area contributed by atoms with Crippen molar-refractivity contribution in [3.63, 3.8) is 0 Å². The molecule has 0 aromatic heterocycles. The molecule has 0 radical (unpaired) electrons. The smallest absolute Gasteiger partial charge is 0.303 e. The third-order valence-electron chi connectivity index (χ3n) is 3.71. The number of Topliss-reactive ketones (excluding diaryl/α,β-unsaturated/α-hetero) is 1. The summed E-state index contributed by atoms with van der Waals surface area (Å²) >= 11 is 0. The Hall–Kier alpha value is -2.62. The van der Waals surface area contributed by atoms with Gasteiger partial charge in [-0.1, -0.05) is 41.5 Å². The number of carbonyl (C=O) groups excluding carboxylic acids is 1. The average Bonchev–Trinajstić information content (AvgIpc) is 2.53. The molecule has 0 heterocycles. The number of rotatable bonds is 8. The molecule has 4 nitrogen and oxygen atoms in total. The fraction of sp³-hybridized carbons (Fsp3) is 0.300. The lowest BCUT2D eigenvalue weighted by Crippen LogP contribution is -2.06. The lowest BCUT2D eigenvalue weighted by Gasteiger charge is -2.12. The summed E-state index contributed by atoms with van der Waals surface area (Å²) in [5.74, 6) is -0.426. The normalized spacial score (nSPS) is 10.4. The maximum atomic E-state index is 12.4. The van der Waals surface area contributed by atoms with E-state index >= 15 is 0 Å². The summed E-state index contributed by atoms with van der Waals surface area (Å²) in [5.41, 5.74) is 3.69. The summed E-state index contributed by atoms with van der Waals surface area (Å²) in [7, 11) is 0. The summed E-state index contributed by atoms with van der Waals surface area (Å²) in [5, 5.41) is 8.69. The highest BCUT2D eigenvalue weighted by atomic mass is 16.5. The zero-order chi connectivity index (χ0) is 17.5. The van der Waals surface area contributed by atoms with Crippen LogP contribution in [0.15, 0.2) is 42.5 Å². The van der Waals surface area contributed by atoms with Crippen LogP contribution in [-0.4, -0.2) is 16.9 Å². The van der Waals surface area contributed by atoms with Crippen molar-refractivity contribution in [3.8, 4) is 5.75 Å². The fourth-order valence-electron chi connectivity index (χ4n) is 2.49. The Kier molecular flexibility index (Phi) is 6.13. The quantitative estimate of drug-likeness (QED) is 0.734. The van der Waals surface area contributed by atoms with Crippen LogP contribution in [0.25, 0.3) is 0 Å². The van der Waals surface area contributed by atoms with Gasteiger partial charge in [-0.2, -0.15) is 0 Å². The summed E-state index contributed by atoms with van der Waals surface area (Å²) < 4.78 is 5.84. The van der Waals surface area contributed by atoms with E-state index < -0.39 is 5.97 Å². The monoisotopic (exact) mass is 326 g/mol. The third kappa shape index (κ3) is 5.23. The fourth-order valence-corrected chi connectivity index (χ4v) is 2.49. The van der Waals surface area contributed by atoms with Gasteiger partial charge in [0.1, 0.15) is 12.4 Å². The summed E-state index contributed by atoms with van der Waals surface area (Å²) in [6, 6.07) is 13.5. The number of ether oxygens (including phenoxy) is 1. The highest BCUT2D eigenvalue weighted by Crippen LogP contribution is 2.23. The van der Waals surface area contributed by atoms with Gasteiger partial charge in [-0.15, -0.1) is 0 Å². The molecule has 0 bridgehead atoms. The lowest BCUT2D eigenvalue weighted by molar-refractivity contribution is -0.137. The van der Waals surface area contributed by atoms with E-state index in [4.69, 9.17) is 9.84 Å². The van der Waals surface area contributed by atoms with Crippen molar-refractivity contribution < 1.29 is 19.4 Å². The number of hydrogen-bond acceptors (Lipinski definition) is 3. The second kappa shape index (κ2) is 8.29. The van der Waals surface area contributed by atoms with Crippen LogP contribution in [0, 0.1) is 13.8 Å². The molecule has 0 fully saturated rings. The number of benzene rings is 2. The molecule has 0 aliphatic rings. The van der Waals surface area contributed by atoms with Crippen molar-refractivity contribution in [2.24, 2.45) is 0 Å². The zero-order valence-corrected chi connectivity index (χ0v) is 14.0. The van der Waals surface area contributed by atoms with Crippen LogP contribution in [0.2, 0.25) is 0 Å². The van der Waals surface area contributed by atoms with E-state index in [0.717, 1.165) is 16.7 Å². The molecular weight excluding hydrogens is 304 g/mol. The molecule has 0 saturated carbocycles. The molecule has 0 atom stereocenters. The molecule has 0 saturated heterocycles. The van der Waals surface area contributed by atoms with Gasteiger partial charge in [0, 0.05) is 12.8 Å². The molecule has 0 unspecified atom stereocenters. The van der Waals surface area contributed by atoms with Crippen LogP contribution >= 0.6 is 0 Å². The van der Waals surface area contributed by atoms with E-state index in [2.05, 4.69) is 0 Å². The molecule has 24 heavy (non-hydrogen) atoms. The van der Waals surface area contributed by atoms with Gasteiger partial charge in [-0.05, 0) is 38.0 Å². The van der Waals surface area contributed by atoms with Crippen LogP contribution < -0.4 is 4.74 Å². The summed E-state index contributed by atoms with van der Waals surface area (Å²) in [4.78, 5) is 23.0. The van der Waals surface area contributed by atoms with E-state index in [1.807, 2.05) is 44.2 Å². The Bertz CT molecular complexity index is 734. The standard InChI is InChI=1S/C20H22O4/c1-14-5-3-6-16(11-14)13-24-19-10-9-15(2)12-17(19)18(21)7-4-8-20(22)23/h3,5-6,9-12H,4,7-8,13H2,1-2H3,(H,22,23). The molecule has 4 heteroatoms. The van der Waals surface area contributed by atoms with Gasteiger partial charge < -0.3 is 9.84 Å². The molecule has 2 aromatic carbocycles. The van der Waals surface area contributed by atoms with Gasteiger partial charge in [0.05, 0.1) is 5.56 Å². The minimum atomic E-state index is -0.886. The van der Waals surface area contributed by atoms with Crippen molar-refractivity contribution in [1.29, 1.82) is 0 Å². The van der Waals surface area contributed by atoms with E-state index in [-0.39, 0.29) is 18.6 Å². The first-order chi connectivity index (χ1) is 11.5. The highest BCUT2D eigenvalue weighted by Gasteiger charge is 2.14. The van der Waals surface area contributed by atoms with Crippen molar-refractivity contribution in [2.75, 3.05) is 0 Å². The van der Waals surface area contributed by atoms with Gasteiger partial charge in [0.2, 0.25) is 0 Å². The molecule has 126 valence electrons. The van der Waals surface area contributed by atoms with E-state index in [1.54, 1.807) is 12.1 Å². The minimum Gasteiger partial charge on any atom is -0.488 e. The van der Waals surface area contributed by atoms with Gasteiger partial charge in [-0.3, -0.25) is 9.59 Å². The number of ketones is 1. The lowest BCUT2D eigenvalue weighted by atomic mass is 10.0. The Morgan fingerprint density at radius 1 is 1.00 bits per heavy atom. The second-order valence-corrected chi connectivity index (χ2v) is 5.95. The minimum absolute atomic E-state index is 0.00294. The molecule has 0 spiro atoms. The topological polar surface area (TPSA) is 63.6 Å². The number of carboxylic acid groups (broad SMARTS) is 1. The van der Waals surface area contributed by atoms with Crippen LogP contribution in [0.3, 0.4) is 0 Å². The Morgan fingerprint density at radius 3 is 2.46 bits per heavy atom. The van der Waals surface area contributed by atoms with Gasteiger partial charge in [0.25, 0.3) is 0 Å². The predicted molar refractivity (Wildman–Crippen MR) is 92.5 cm³/mol. The van der Waals surface area contributed by atoms with E-state index in [9.17, 15) is 9.59 Å². The van der Waals surface area contributed by atoms with Crippen molar-refractivity contribution in [3.05, 3.63) is 64.7 Å². The van der Waals surface area contributed by atoms with Crippen LogP contribution in [-0.2, 0) is 11.4 Å². The number of aryl methyl sites for hydroxylation is 2.